The molecule has 1 aliphatic heterocycles. The highest BCUT2D eigenvalue weighted by Crippen LogP contribution is 2.40. The van der Waals surface area contributed by atoms with Gasteiger partial charge in [0.15, 0.2) is 0 Å². The molecule has 178 valence electrons. The van der Waals surface area contributed by atoms with E-state index in [4.69, 9.17) is 19.3 Å². The van der Waals surface area contributed by atoms with Gasteiger partial charge in [-0.15, -0.1) is 0 Å². The van der Waals surface area contributed by atoms with Crippen LogP contribution >= 0.6 is 11.8 Å². The van der Waals surface area contributed by atoms with E-state index in [-0.39, 0.29) is 29.5 Å². The molecule has 1 heterocycles. The lowest BCUT2D eigenvalue weighted by Crippen LogP contribution is -2.24. The standard InChI is InChI=1S/C26H32O6S/c1-3-18-14-21(31-12-5-11-27)8-9-23(18)24-15-19-6-7-22(16-25(19)33-26(24)29)32-17-20(28)10-13-30-4-2/h4,6-9,14-16,19-20,25,27-28H,2-3,5,10-13,17H2,1H3. The van der Waals surface area contributed by atoms with Crippen molar-refractivity contribution in [1.82, 2.24) is 0 Å². The molecule has 2 N–H and O–H groups in total. The van der Waals surface area contributed by atoms with Crippen LogP contribution < -0.4 is 4.74 Å². The van der Waals surface area contributed by atoms with Gasteiger partial charge in [-0.05, 0) is 41.8 Å². The van der Waals surface area contributed by atoms with E-state index in [0.29, 0.717) is 31.8 Å². The number of carbonyl (C=O) groups is 1. The molecule has 0 spiro atoms. The molecule has 1 aromatic rings. The Morgan fingerprint density at radius 2 is 2.09 bits per heavy atom. The minimum absolute atomic E-state index is 0.0337. The summed E-state index contributed by atoms with van der Waals surface area (Å²) in [6.45, 7) is 6.65. The number of benzene rings is 1. The van der Waals surface area contributed by atoms with Crippen molar-refractivity contribution in [3.05, 3.63) is 72.2 Å². The minimum Gasteiger partial charge on any atom is -0.502 e. The zero-order valence-electron chi connectivity index (χ0n) is 18.9. The zero-order valence-corrected chi connectivity index (χ0v) is 19.8. The molecule has 0 bridgehead atoms. The van der Waals surface area contributed by atoms with Crippen molar-refractivity contribution in [2.45, 2.75) is 37.5 Å². The van der Waals surface area contributed by atoms with E-state index in [9.17, 15) is 9.90 Å². The Balaban J connectivity index is 1.66. The lowest BCUT2D eigenvalue weighted by atomic mass is 9.91. The lowest BCUT2D eigenvalue weighted by molar-refractivity contribution is -0.106. The third kappa shape index (κ3) is 7.00. The second-order valence-electron chi connectivity index (χ2n) is 7.84. The number of thioether (sulfide) groups is 1. The molecule has 6 nitrogen and oxygen atoms in total. The van der Waals surface area contributed by atoms with Crippen LogP contribution in [0.2, 0.25) is 0 Å². The average molecular weight is 473 g/mol. The number of rotatable bonds is 13. The highest BCUT2D eigenvalue weighted by Gasteiger charge is 2.31. The second-order valence-corrected chi connectivity index (χ2v) is 9.00. The van der Waals surface area contributed by atoms with Crippen LogP contribution in [0.25, 0.3) is 5.57 Å². The SMILES string of the molecule is C=COCCC(O)COC1=CC2SC(=O)C(c3ccc(OCCCO)cc3CC)=CC2C=C1. The van der Waals surface area contributed by atoms with Crippen LogP contribution in [0.5, 0.6) is 5.75 Å². The average Bonchev–Trinajstić information content (AvgIpc) is 2.82. The molecule has 0 aromatic heterocycles. The van der Waals surface area contributed by atoms with E-state index < -0.39 is 6.10 Å². The van der Waals surface area contributed by atoms with Gasteiger partial charge in [0.05, 0.1) is 25.6 Å². The molecular formula is C26H32O6S. The zero-order chi connectivity index (χ0) is 23.6. The molecule has 3 unspecified atom stereocenters. The van der Waals surface area contributed by atoms with Crippen molar-refractivity contribution < 1.29 is 29.2 Å². The summed E-state index contributed by atoms with van der Waals surface area (Å²) in [6, 6.07) is 5.81. The van der Waals surface area contributed by atoms with Gasteiger partial charge in [-0.3, -0.25) is 4.79 Å². The molecule has 3 rings (SSSR count). The molecule has 0 saturated carbocycles. The quantitative estimate of drug-likeness (QED) is 0.331. The molecule has 0 fully saturated rings. The van der Waals surface area contributed by atoms with Gasteiger partial charge in [-0.25, -0.2) is 0 Å². The van der Waals surface area contributed by atoms with Crippen LogP contribution in [0.4, 0.5) is 0 Å². The van der Waals surface area contributed by atoms with E-state index in [0.717, 1.165) is 28.9 Å². The van der Waals surface area contributed by atoms with E-state index >= 15 is 0 Å². The third-order valence-corrected chi connectivity index (χ3v) is 6.62. The van der Waals surface area contributed by atoms with Gasteiger partial charge >= 0.3 is 0 Å². The van der Waals surface area contributed by atoms with Gasteiger partial charge in [0.2, 0.25) is 5.12 Å². The van der Waals surface area contributed by atoms with Gasteiger partial charge in [-0.2, -0.15) is 0 Å². The van der Waals surface area contributed by atoms with E-state index in [1.165, 1.54) is 18.0 Å². The molecule has 0 saturated heterocycles. The van der Waals surface area contributed by atoms with Crippen molar-refractivity contribution in [3.63, 3.8) is 0 Å². The Morgan fingerprint density at radius 3 is 2.85 bits per heavy atom. The number of aliphatic hydroxyl groups excluding tert-OH is 2. The minimum atomic E-state index is -0.632. The Labute approximate surface area is 199 Å². The van der Waals surface area contributed by atoms with Crippen LogP contribution in [0.3, 0.4) is 0 Å². The fourth-order valence-electron chi connectivity index (χ4n) is 3.68. The number of ether oxygens (including phenoxy) is 3. The van der Waals surface area contributed by atoms with E-state index in [1.54, 1.807) is 0 Å². The summed E-state index contributed by atoms with van der Waals surface area (Å²) in [5, 5.41) is 18.9. The first-order valence-corrected chi connectivity index (χ1v) is 12.2. The topological polar surface area (TPSA) is 85.2 Å². The van der Waals surface area contributed by atoms with Crippen molar-refractivity contribution in [2.75, 3.05) is 26.4 Å². The normalized spacial score (nSPS) is 20.4. The number of allylic oxidation sites excluding steroid dienone is 3. The first-order chi connectivity index (χ1) is 16.0. The fourth-order valence-corrected chi connectivity index (χ4v) is 4.76. The number of carbonyl (C=O) groups excluding carboxylic acids is 1. The first kappa shape index (κ1) is 25.1. The van der Waals surface area contributed by atoms with Gasteiger partial charge in [-0.1, -0.05) is 43.5 Å². The predicted octanol–water partition coefficient (Wildman–Crippen LogP) is 4.03. The molecular weight excluding hydrogens is 440 g/mol. The summed E-state index contributed by atoms with van der Waals surface area (Å²) in [7, 11) is 0. The van der Waals surface area contributed by atoms with E-state index in [2.05, 4.69) is 13.5 Å². The summed E-state index contributed by atoms with van der Waals surface area (Å²) in [6.07, 6.45) is 10.5. The molecule has 7 heteroatoms. The summed E-state index contributed by atoms with van der Waals surface area (Å²) in [5.74, 6) is 1.50. The number of aliphatic hydroxyl groups is 2. The Hall–Kier alpha value is -2.48. The molecule has 1 aromatic carbocycles. The van der Waals surface area contributed by atoms with Crippen LogP contribution in [0.15, 0.2) is 61.1 Å². The summed E-state index contributed by atoms with van der Waals surface area (Å²) in [5.41, 5.74) is 2.72. The van der Waals surface area contributed by atoms with Crippen LogP contribution in [-0.2, 0) is 20.7 Å². The fraction of sp³-hybridized carbons (Fsp3) is 0.423. The molecule has 0 radical (unpaired) electrons. The highest BCUT2D eigenvalue weighted by molar-refractivity contribution is 8.15. The molecule has 0 amide bonds. The third-order valence-electron chi connectivity index (χ3n) is 5.46. The first-order valence-electron chi connectivity index (χ1n) is 11.3. The maximum Gasteiger partial charge on any atom is 0.220 e. The second kappa shape index (κ2) is 12.7. The largest absolute Gasteiger partial charge is 0.502 e. The maximum atomic E-state index is 13.0. The van der Waals surface area contributed by atoms with Gasteiger partial charge < -0.3 is 24.4 Å². The number of hydrogen-bond acceptors (Lipinski definition) is 7. The van der Waals surface area contributed by atoms with E-state index in [1.807, 2.05) is 42.5 Å². The Bertz CT molecular complexity index is 919. The monoisotopic (exact) mass is 472 g/mol. The molecule has 3 atom stereocenters. The number of fused-ring (bicyclic) bond motifs is 1. The van der Waals surface area contributed by atoms with Crippen molar-refractivity contribution in [1.29, 1.82) is 0 Å². The smallest absolute Gasteiger partial charge is 0.220 e. The predicted molar refractivity (Wildman–Crippen MR) is 131 cm³/mol. The lowest BCUT2D eigenvalue weighted by Gasteiger charge is -2.28. The number of aryl methyl sites for hydroxylation is 1. The van der Waals surface area contributed by atoms with Crippen LogP contribution in [0, 0.1) is 5.92 Å². The van der Waals surface area contributed by atoms with Crippen molar-refractivity contribution in [3.8, 4) is 5.75 Å². The highest BCUT2D eigenvalue weighted by atomic mass is 32.2. The summed E-state index contributed by atoms with van der Waals surface area (Å²) < 4.78 is 16.4. The Kier molecular flexibility index (Phi) is 9.66. The van der Waals surface area contributed by atoms with Crippen LogP contribution in [0.1, 0.15) is 30.9 Å². The van der Waals surface area contributed by atoms with Gasteiger partial charge in [0.1, 0.15) is 18.1 Å². The summed E-state index contributed by atoms with van der Waals surface area (Å²) in [4.78, 5) is 13.0. The van der Waals surface area contributed by atoms with Crippen molar-refractivity contribution >= 4 is 22.5 Å². The molecule has 2 aliphatic rings. The molecule has 33 heavy (non-hydrogen) atoms. The van der Waals surface area contributed by atoms with Crippen molar-refractivity contribution in [2.24, 2.45) is 5.92 Å². The number of hydrogen-bond donors (Lipinski definition) is 2. The van der Waals surface area contributed by atoms with Gasteiger partial charge in [0, 0.05) is 36.2 Å². The van der Waals surface area contributed by atoms with Crippen LogP contribution in [-0.4, -0.2) is 53.1 Å². The van der Waals surface area contributed by atoms with Gasteiger partial charge in [0.25, 0.3) is 0 Å². The maximum absolute atomic E-state index is 13.0. The Morgan fingerprint density at radius 1 is 1.24 bits per heavy atom. The summed E-state index contributed by atoms with van der Waals surface area (Å²) >= 11 is 1.30. The molecule has 1 aliphatic carbocycles.